The minimum atomic E-state index is -0.244. The van der Waals surface area contributed by atoms with Crippen LogP contribution in [0.25, 0.3) is 0 Å². The Balaban J connectivity index is 1.46. The van der Waals surface area contributed by atoms with E-state index in [0.717, 1.165) is 34.1 Å². The highest BCUT2D eigenvalue weighted by Gasteiger charge is 2.25. The number of hydrogen-bond donors (Lipinski definition) is 2. The summed E-state index contributed by atoms with van der Waals surface area (Å²) in [6.45, 7) is 0.428. The lowest BCUT2D eigenvalue weighted by Gasteiger charge is -2.12. The van der Waals surface area contributed by atoms with Gasteiger partial charge in [-0.25, -0.2) is 4.68 Å². The van der Waals surface area contributed by atoms with Gasteiger partial charge in [0.2, 0.25) is 5.91 Å². The number of ether oxygens (including phenoxy) is 1. The Bertz CT molecular complexity index is 1110. The summed E-state index contributed by atoms with van der Waals surface area (Å²) in [7, 11) is 1.61. The standard InChI is InChI=1S/C22H21BrN4O3S/c1-30-15-8-6-14(7-9-15)10-24-20(28)11-27-21(17-12-31-13-19(17)26-27)25-22(29)16-4-2-3-5-18(16)23/h2-9H,10-13H2,1H3,(H,24,28)(H,25,29). The van der Waals surface area contributed by atoms with E-state index in [-0.39, 0.29) is 18.4 Å². The van der Waals surface area contributed by atoms with Crippen molar-refractivity contribution in [2.45, 2.75) is 24.6 Å². The number of benzene rings is 2. The van der Waals surface area contributed by atoms with Gasteiger partial charge in [0.05, 0.1) is 18.4 Å². The number of amides is 2. The van der Waals surface area contributed by atoms with Crippen LogP contribution in [-0.4, -0.2) is 28.7 Å². The third-order valence-corrected chi connectivity index (χ3v) is 6.57. The van der Waals surface area contributed by atoms with E-state index in [2.05, 4.69) is 31.7 Å². The number of hydrogen-bond acceptors (Lipinski definition) is 5. The van der Waals surface area contributed by atoms with Crippen molar-refractivity contribution in [1.29, 1.82) is 0 Å². The first-order valence-corrected chi connectivity index (χ1v) is 11.6. The molecule has 4 rings (SSSR count). The number of nitrogens with one attached hydrogen (secondary N) is 2. The minimum Gasteiger partial charge on any atom is -0.497 e. The summed E-state index contributed by atoms with van der Waals surface area (Å²) >= 11 is 5.16. The van der Waals surface area contributed by atoms with Crippen LogP contribution in [-0.2, 0) is 29.4 Å². The molecular weight excluding hydrogens is 480 g/mol. The van der Waals surface area contributed by atoms with E-state index < -0.39 is 0 Å². The maximum Gasteiger partial charge on any atom is 0.257 e. The SMILES string of the molecule is COc1ccc(CNC(=O)Cn2nc3c(c2NC(=O)c2ccccc2Br)CSC3)cc1. The molecule has 2 heterocycles. The van der Waals surface area contributed by atoms with Crippen LogP contribution in [0.3, 0.4) is 0 Å². The van der Waals surface area contributed by atoms with Crippen molar-refractivity contribution in [2.24, 2.45) is 0 Å². The smallest absolute Gasteiger partial charge is 0.257 e. The predicted molar refractivity (Wildman–Crippen MR) is 124 cm³/mol. The summed E-state index contributed by atoms with van der Waals surface area (Å²) in [5.74, 6) is 2.46. The van der Waals surface area contributed by atoms with Gasteiger partial charge in [-0.15, -0.1) is 0 Å². The van der Waals surface area contributed by atoms with Gasteiger partial charge in [-0.3, -0.25) is 9.59 Å². The van der Waals surface area contributed by atoms with E-state index in [9.17, 15) is 9.59 Å². The summed E-state index contributed by atoms with van der Waals surface area (Å²) in [5.41, 5.74) is 3.39. The second-order valence-corrected chi connectivity index (χ2v) is 8.82. The summed E-state index contributed by atoms with van der Waals surface area (Å²) in [6, 6.07) is 14.7. The zero-order chi connectivity index (χ0) is 21.8. The molecule has 2 amide bonds. The molecule has 0 unspecified atom stereocenters. The zero-order valence-corrected chi connectivity index (χ0v) is 19.3. The molecule has 31 heavy (non-hydrogen) atoms. The molecule has 1 aliphatic rings. The van der Waals surface area contributed by atoms with Crippen LogP contribution in [0.15, 0.2) is 53.0 Å². The van der Waals surface area contributed by atoms with Crippen molar-refractivity contribution in [1.82, 2.24) is 15.1 Å². The Hall–Kier alpha value is -2.78. The van der Waals surface area contributed by atoms with Crippen LogP contribution in [0.1, 0.15) is 27.2 Å². The molecule has 1 aromatic heterocycles. The fraction of sp³-hybridized carbons (Fsp3) is 0.227. The number of carbonyl (C=O) groups excluding carboxylic acids is 2. The van der Waals surface area contributed by atoms with Gasteiger partial charge in [0.15, 0.2) is 0 Å². The second kappa shape index (κ2) is 9.57. The number of thioether (sulfide) groups is 1. The van der Waals surface area contributed by atoms with Crippen LogP contribution >= 0.6 is 27.7 Å². The molecule has 2 N–H and O–H groups in total. The van der Waals surface area contributed by atoms with Crippen LogP contribution in [0.2, 0.25) is 0 Å². The molecule has 7 nitrogen and oxygen atoms in total. The molecule has 0 fully saturated rings. The lowest BCUT2D eigenvalue weighted by Crippen LogP contribution is -2.28. The number of anilines is 1. The quantitative estimate of drug-likeness (QED) is 0.512. The Morgan fingerprint density at radius 2 is 1.94 bits per heavy atom. The monoisotopic (exact) mass is 500 g/mol. The summed E-state index contributed by atoms with van der Waals surface area (Å²) < 4.78 is 7.45. The van der Waals surface area contributed by atoms with Crippen molar-refractivity contribution in [3.63, 3.8) is 0 Å². The molecule has 1 aliphatic heterocycles. The van der Waals surface area contributed by atoms with E-state index in [4.69, 9.17) is 4.74 Å². The molecule has 3 aromatic rings. The molecule has 0 radical (unpaired) electrons. The zero-order valence-electron chi connectivity index (χ0n) is 16.9. The Morgan fingerprint density at radius 3 is 2.68 bits per heavy atom. The van der Waals surface area contributed by atoms with Gasteiger partial charge in [0, 0.05) is 28.1 Å². The van der Waals surface area contributed by atoms with Crippen molar-refractivity contribution >= 4 is 45.3 Å². The molecule has 2 aromatic carbocycles. The highest BCUT2D eigenvalue weighted by atomic mass is 79.9. The topological polar surface area (TPSA) is 85.2 Å². The molecule has 0 atom stereocenters. The second-order valence-electron chi connectivity index (χ2n) is 6.98. The average molecular weight is 501 g/mol. The van der Waals surface area contributed by atoms with Crippen LogP contribution < -0.4 is 15.4 Å². The molecule has 160 valence electrons. The van der Waals surface area contributed by atoms with E-state index in [1.165, 1.54) is 0 Å². The van der Waals surface area contributed by atoms with E-state index in [0.29, 0.717) is 22.4 Å². The molecule has 0 bridgehead atoms. The van der Waals surface area contributed by atoms with Gasteiger partial charge in [-0.2, -0.15) is 16.9 Å². The van der Waals surface area contributed by atoms with Gasteiger partial charge in [0.25, 0.3) is 5.91 Å². The van der Waals surface area contributed by atoms with Crippen molar-refractivity contribution in [3.8, 4) is 5.75 Å². The molecular formula is C22H21BrN4O3S. The molecule has 0 saturated heterocycles. The maximum absolute atomic E-state index is 12.8. The number of aromatic nitrogens is 2. The summed E-state index contributed by atoms with van der Waals surface area (Å²) in [4.78, 5) is 25.4. The highest BCUT2D eigenvalue weighted by Crippen LogP contribution is 2.35. The van der Waals surface area contributed by atoms with E-state index >= 15 is 0 Å². The lowest BCUT2D eigenvalue weighted by atomic mass is 10.2. The predicted octanol–water partition coefficient (Wildman–Crippen LogP) is 3.97. The first kappa shape index (κ1) is 21.5. The Morgan fingerprint density at radius 1 is 1.16 bits per heavy atom. The first-order chi connectivity index (χ1) is 15.0. The number of carbonyl (C=O) groups is 2. The van der Waals surface area contributed by atoms with E-state index in [1.807, 2.05) is 42.5 Å². The molecule has 0 saturated carbocycles. The summed E-state index contributed by atoms with van der Waals surface area (Å²) in [6.07, 6.45) is 0. The van der Waals surface area contributed by atoms with Gasteiger partial charge in [-0.1, -0.05) is 24.3 Å². The minimum absolute atomic E-state index is 0.0272. The van der Waals surface area contributed by atoms with E-state index in [1.54, 1.807) is 29.6 Å². The van der Waals surface area contributed by atoms with Crippen LogP contribution in [0.4, 0.5) is 5.82 Å². The largest absolute Gasteiger partial charge is 0.497 e. The summed E-state index contributed by atoms with van der Waals surface area (Å²) in [5, 5.41) is 10.4. The van der Waals surface area contributed by atoms with Crippen molar-refractivity contribution < 1.29 is 14.3 Å². The van der Waals surface area contributed by atoms with Crippen LogP contribution in [0, 0.1) is 0 Å². The van der Waals surface area contributed by atoms with Crippen molar-refractivity contribution in [3.05, 3.63) is 75.4 Å². The van der Waals surface area contributed by atoms with Gasteiger partial charge < -0.3 is 15.4 Å². The number of methoxy groups -OCH3 is 1. The fourth-order valence-electron chi connectivity index (χ4n) is 3.28. The average Bonchev–Trinajstić information content (AvgIpc) is 3.35. The van der Waals surface area contributed by atoms with Crippen molar-refractivity contribution in [2.75, 3.05) is 12.4 Å². The number of fused-ring (bicyclic) bond motifs is 1. The molecule has 0 aliphatic carbocycles. The maximum atomic E-state index is 12.8. The Labute approximate surface area is 192 Å². The van der Waals surface area contributed by atoms with Gasteiger partial charge in [0.1, 0.15) is 18.1 Å². The number of nitrogens with zero attached hydrogens (tertiary/aromatic N) is 2. The number of rotatable bonds is 7. The number of halogens is 1. The van der Waals surface area contributed by atoms with Gasteiger partial charge in [-0.05, 0) is 45.8 Å². The first-order valence-electron chi connectivity index (χ1n) is 9.67. The third kappa shape index (κ3) is 4.94. The Kier molecular flexibility index (Phi) is 6.62. The molecule has 0 spiro atoms. The molecule has 9 heteroatoms. The van der Waals surface area contributed by atoms with Crippen LogP contribution in [0.5, 0.6) is 5.75 Å². The lowest BCUT2D eigenvalue weighted by molar-refractivity contribution is -0.122. The normalized spacial score (nSPS) is 12.3. The fourth-order valence-corrected chi connectivity index (χ4v) is 4.78. The highest BCUT2D eigenvalue weighted by molar-refractivity contribution is 9.10. The third-order valence-electron chi connectivity index (χ3n) is 4.91. The van der Waals surface area contributed by atoms with Gasteiger partial charge >= 0.3 is 0 Å².